The Morgan fingerprint density at radius 3 is 3.10 bits per heavy atom. The third-order valence-corrected chi connectivity index (χ3v) is 2.98. The van der Waals surface area contributed by atoms with E-state index in [0.717, 1.165) is 16.9 Å². The van der Waals surface area contributed by atoms with Gasteiger partial charge in [-0.3, -0.25) is 4.79 Å². The monoisotopic (exact) mass is 285 g/mol. The molecule has 0 atom stereocenters. The first-order chi connectivity index (χ1) is 10.1. The molecule has 4 N–H and O–H groups in total. The Hall–Kier alpha value is -2.74. The van der Waals surface area contributed by atoms with Gasteiger partial charge in [0.25, 0.3) is 0 Å². The van der Waals surface area contributed by atoms with Crippen LogP contribution in [-0.2, 0) is 17.9 Å². The maximum atomic E-state index is 12.0. The number of aromatic nitrogens is 5. The van der Waals surface area contributed by atoms with Gasteiger partial charge in [0.15, 0.2) is 0 Å². The molecule has 21 heavy (non-hydrogen) atoms. The van der Waals surface area contributed by atoms with Crippen LogP contribution in [0.5, 0.6) is 0 Å². The second kappa shape index (κ2) is 5.33. The number of anilines is 1. The van der Waals surface area contributed by atoms with E-state index in [1.54, 1.807) is 6.20 Å². The highest BCUT2D eigenvalue weighted by atomic mass is 16.2. The Balaban J connectivity index is 1.70. The molecule has 2 heterocycles. The first-order valence-electron chi connectivity index (χ1n) is 6.49. The van der Waals surface area contributed by atoms with Crippen LogP contribution in [-0.4, -0.2) is 30.9 Å². The molecule has 0 aliphatic heterocycles. The van der Waals surface area contributed by atoms with Gasteiger partial charge in [-0.1, -0.05) is 5.21 Å². The first-order valence-corrected chi connectivity index (χ1v) is 6.49. The number of benzene rings is 1. The number of H-pyrrole nitrogens is 1. The average molecular weight is 285 g/mol. The Kier molecular flexibility index (Phi) is 3.36. The third-order valence-electron chi connectivity index (χ3n) is 2.98. The predicted octanol–water partition coefficient (Wildman–Crippen LogP) is 0.560. The molecular formula is C13H15N7O. The first kappa shape index (κ1) is 13.3. The zero-order chi connectivity index (χ0) is 14.8. The highest BCUT2D eigenvalue weighted by molar-refractivity contribution is 5.92. The summed E-state index contributed by atoms with van der Waals surface area (Å²) in [5.74, 6) is 0.657. The zero-order valence-corrected chi connectivity index (χ0v) is 11.5. The van der Waals surface area contributed by atoms with Gasteiger partial charge < -0.3 is 16.0 Å². The van der Waals surface area contributed by atoms with Crippen LogP contribution in [0.25, 0.3) is 11.0 Å². The minimum atomic E-state index is -0.181. The van der Waals surface area contributed by atoms with E-state index >= 15 is 0 Å². The minimum Gasteiger partial charge on any atom is -0.342 e. The topological polar surface area (TPSA) is 115 Å². The van der Waals surface area contributed by atoms with Crippen molar-refractivity contribution in [2.24, 2.45) is 5.73 Å². The lowest BCUT2D eigenvalue weighted by Crippen LogP contribution is -2.19. The van der Waals surface area contributed by atoms with Crippen molar-refractivity contribution >= 4 is 22.6 Å². The van der Waals surface area contributed by atoms with Crippen LogP contribution in [0.15, 0.2) is 24.4 Å². The molecule has 0 aliphatic rings. The average Bonchev–Trinajstić information content (AvgIpc) is 3.03. The molecule has 8 nitrogen and oxygen atoms in total. The SMILES string of the molecule is Cc1nc2ccc(NC(=O)Cn3cc(CN)nn3)cc2[nH]1. The van der Waals surface area contributed by atoms with Crippen molar-refractivity contribution < 1.29 is 4.79 Å². The van der Waals surface area contributed by atoms with E-state index in [2.05, 4.69) is 25.6 Å². The molecule has 8 heteroatoms. The molecule has 0 fully saturated rings. The lowest BCUT2D eigenvalue weighted by atomic mass is 10.3. The van der Waals surface area contributed by atoms with Crippen molar-refractivity contribution in [2.75, 3.05) is 5.32 Å². The van der Waals surface area contributed by atoms with Gasteiger partial charge in [0.2, 0.25) is 5.91 Å². The van der Waals surface area contributed by atoms with Crippen LogP contribution in [0.1, 0.15) is 11.5 Å². The van der Waals surface area contributed by atoms with Crippen LogP contribution in [0.4, 0.5) is 5.69 Å². The summed E-state index contributed by atoms with van der Waals surface area (Å²) in [7, 11) is 0. The van der Waals surface area contributed by atoms with Gasteiger partial charge in [-0.05, 0) is 25.1 Å². The van der Waals surface area contributed by atoms with Crippen molar-refractivity contribution in [1.82, 2.24) is 25.0 Å². The van der Waals surface area contributed by atoms with Crippen LogP contribution in [0.2, 0.25) is 0 Å². The van der Waals surface area contributed by atoms with E-state index < -0.39 is 0 Å². The fraction of sp³-hybridized carbons (Fsp3) is 0.231. The summed E-state index contributed by atoms with van der Waals surface area (Å²) in [6.45, 7) is 2.28. The highest BCUT2D eigenvalue weighted by Crippen LogP contribution is 2.17. The van der Waals surface area contributed by atoms with Crippen molar-refractivity contribution in [3.8, 4) is 0 Å². The number of nitrogens with zero attached hydrogens (tertiary/aromatic N) is 4. The van der Waals surface area contributed by atoms with E-state index in [1.807, 2.05) is 25.1 Å². The fourth-order valence-corrected chi connectivity index (χ4v) is 2.07. The van der Waals surface area contributed by atoms with E-state index in [0.29, 0.717) is 17.9 Å². The van der Waals surface area contributed by atoms with Crippen molar-refractivity contribution in [1.29, 1.82) is 0 Å². The molecule has 0 unspecified atom stereocenters. The Bertz CT molecular complexity index is 789. The van der Waals surface area contributed by atoms with E-state index in [1.165, 1.54) is 4.68 Å². The van der Waals surface area contributed by atoms with Gasteiger partial charge in [-0.25, -0.2) is 9.67 Å². The van der Waals surface area contributed by atoms with E-state index in [4.69, 9.17) is 5.73 Å². The number of nitrogens with one attached hydrogen (secondary N) is 2. The van der Waals surface area contributed by atoms with Gasteiger partial charge in [0.1, 0.15) is 12.4 Å². The number of aromatic amines is 1. The summed E-state index contributed by atoms with van der Waals surface area (Å²) in [5, 5.41) is 10.5. The molecule has 2 aromatic heterocycles. The molecule has 0 aliphatic carbocycles. The Morgan fingerprint density at radius 2 is 2.33 bits per heavy atom. The maximum Gasteiger partial charge on any atom is 0.246 e. The summed E-state index contributed by atoms with van der Waals surface area (Å²) in [6, 6.07) is 5.52. The number of hydrogen-bond acceptors (Lipinski definition) is 5. The number of amides is 1. The molecule has 0 bridgehead atoms. The van der Waals surface area contributed by atoms with Crippen LogP contribution >= 0.6 is 0 Å². The molecule has 1 aromatic carbocycles. The molecule has 0 spiro atoms. The zero-order valence-electron chi connectivity index (χ0n) is 11.5. The number of aryl methyl sites for hydroxylation is 1. The van der Waals surface area contributed by atoms with Crippen molar-refractivity contribution in [3.05, 3.63) is 35.9 Å². The van der Waals surface area contributed by atoms with Crippen molar-refractivity contribution in [3.63, 3.8) is 0 Å². The lowest BCUT2D eigenvalue weighted by Gasteiger charge is -2.04. The van der Waals surface area contributed by atoms with Gasteiger partial charge >= 0.3 is 0 Å². The van der Waals surface area contributed by atoms with Crippen LogP contribution < -0.4 is 11.1 Å². The van der Waals surface area contributed by atoms with Crippen LogP contribution in [0, 0.1) is 6.92 Å². The molecular weight excluding hydrogens is 270 g/mol. The molecule has 0 saturated heterocycles. The summed E-state index contributed by atoms with van der Waals surface area (Å²) < 4.78 is 1.45. The number of nitrogens with two attached hydrogens (primary N) is 1. The number of imidazole rings is 1. The summed E-state index contributed by atoms with van der Waals surface area (Å²) in [4.78, 5) is 19.4. The van der Waals surface area contributed by atoms with Gasteiger partial charge in [-0.2, -0.15) is 0 Å². The van der Waals surface area contributed by atoms with Crippen LogP contribution in [0.3, 0.4) is 0 Å². The smallest absolute Gasteiger partial charge is 0.246 e. The van der Waals surface area contributed by atoms with Gasteiger partial charge in [0, 0.05) is 12.2 Å². The normalized spacial score (nSPS) is 11.0. The Labute approximate surface area is 120 Å². The Morgan fingerprint density at radius 1 is 1.48 bits per heavy atom. The number of carbonyl (C=O) groups is 1. The van der Waals surface area contributed by atoms with E-state index in [-0.39, 0.29) is 12.5 Å². The second-order valence-electron chi connectivity index (χ2n) is 4.71. The standard InChI is InChI=1S/C13H15N7O/c1-8-15-11-3-2-9(4-12(11)16-8)17-13(21)7-20-6-10(5-14)18-19-20/h2-4,6H,5,7,14H2,1H3,(H,15,16)(H,17,21). The molecule has 0 saturated carbocycles. The summed E-state index contributed by atoms with van der Waals surface area (Å²) in [5.41, 5.74) is 8.56. The predicted molar refractivity (Wildman–Crippen MR) is 77.4 cm³/mol. The molecule has 3 aromatic rings. The maximum absolute atomic E-state index is 12.0. The molecule has 3 rings (SSSR count). The number of rotatable bonds is 4. The van der Waals surface area contributed by atoms with Crippen molar-refractivity contribution in [2.45, 2.75) is 20.0 Å². The lowest BCUT2D eigenvalue weighted by molar-refractivity contribution is -0.116. The molecule has 1 amide bonds. The largest absolute Gasteiger partial charge is 0.342 e. The molecule has 0 radical (unpaired) electrons. The van der Waals surface area contributed by atoms with E-state index in [9.17, 15) is 4.79 Å². The quantitative estimate of drug-likeness (QED) is 0.648. The minimum absolute atomic E-state index is 0.0903. The summed E-state index contributed by atoms with van der Waals surface area (Å²) >= 11 is 0. The number of fused-ring (bicyclic) bond motifs is 1. The third kappa shape index (κ3) is 2.90. The summed E-state index contributed by atoms with van der Waals surface area (Å²) in [6.07, 6.45) is 1.65. The number of hydrogen-bond donors (Lipinski definition) is 3. The van der Waals surface area contributed by atoms with Gasteiger partial charge in [0.05, 0.1) is 22.9 Å². The number of carbonyl (C=O) groups excluding carboxylic acids is 1. The highest BCUT2D eigenvalue weighted by Gasteiger charge is 2.07. The molecule has 108 valence electrons. The van der Waals surface area contributed by atoms with Gasteiger partial charge in [-0.15, -0.1) is 5.10 Å². The fourth-order valence-electron chi connectivity index (χ4n) is 2.07. The second-order valence-corrected chi connectivity index (χ2v) is 4.71.